The molecule has 1 aliphatic heterocycles. The van der Waals surface area contributed by atoms with E-state index in [4.69, 9.17) is 0 Å². The summed E-state index contributed by atoms with van der Waals surface area (Å²) in [6.07, 6.45) is 2.56. The van der Waals surface area contributed by atoms with E-state index >= 15 is 0 Å². The smallest absolute Gasteiger partial charge is 0.257 e. The van der Waals surface area contributed by atoms with Crippen molar-refractivity contribution >= 4 is 34.1 Å². The van der Waals surface area contributed by atoms with Crippen LogP contribution in [-0.4, -0.2) is 36.4 Å². The first-order valence-corrected chi connectivity index (χ1v) is 10.0. The van der Waals surface area contributed by atoms with Crippen LogP contribution in [0.25, 0.3) is 10.9 Å². The van der Waals surface area contributed by atoms with Crippen LogP contribution in [0.2, 0.25) is 0 Å². The van der Waals surface area contributed by atoms with Crippen LogP contribution >= 0.6 is 0 Å². The van der Waals surface area contributed by atoms with Crippen molar-refractivity contribution in [1.82, 2.24) is 10.3 Å². The maximum absolute atomic E-state index is 12.5. The molecule has 1 aliphatic rings. The lowest BCUT2D eigenvalue weighted by Gasteiger charge is -2.18. The molecule has 3 N–H and O–H groups in total. The minimum Gasteiger partial charge on any atom is -0.371 e. The first-order chi connectivity index (χ1) is 14.5. The fourth-order valence-electron chi connectivity index (χ4n) is 3.72. The van der Waals surface area contributed by atoms with Gasteiger partial charge in [0.15, 0.2) is 0 Å². The van der Waals surface area contributed by atoms with Gasteiger partial charge in [-0.05, 0) is 48.7 Å². The fourth-order valence-corrected chi connectivity index (χ4v) is 3.72. The van der Waals surface area contributed by atoms with E-state index in [1.807, 2.05) is 24.3 Å². The summed E-state index contributed by atoms with van der Waals surface area (Å²) >= 11 is 0. The van der Waals surface area contributed by atoms with Crippen LogP contribution in [0.1, 0.15) is 23.7 Å². The molecule has 2 heterocycles. The van der Waals surface area contributed by atoms with Gasteiger partial charge >= 0.3 is 0 Å². The molecule has 2 aromatic carbocycles. The van der Waals surface area contributed by atoms with Crippen LogP contribution in [0.5, 0.6) is 0 Å². The first-order valence-electron chi connectivity index (χ1n) is 10.0. The van der Waals surface area contributed by atoms with E-state index in [2.05, 4.69) is 27.4 Å². The summed E-state index contributed by atoms with van der Waals surface area (Å²) in [5.74, 6) is -0.249. The number of hydrogen-bond acceptors (Lipinski definition) is 4. The number of anilines is 2. The Labute approximate surface area is 174 Å². The predicted molar refractivity (Wildman–Crippen MR) is 118 cm³/mol. The van der Waals surface area contributed by atoms with Crippen molar-refractivity contribution in [1.29, 1.82) is 0 Å². The van der Waals surface area contributed by atoms with Crippen molar-refractivity contribution < 1.29 is 9.59 Å². The SMILES string of the molecule is CC1CCN(c2ccc(NC(=O)CNC(=O)c3c[nH]c4ccccc4c3=O)cc2)C1. The third kappa shape index (κ3) is 4.20. The number of carbonyl (C=O) groups excluding carboxylic acids is 2. The maximum atomic E-state index is 12.5. The molecule has 1 unspecified atom stereocenters. The number of para-hydroxylation sites is 1. The van der Waals surface area contributed by atoms with Gasteiger partial charge in [0.1, 0.15) is 5.56 Å². The van der Waals surface area contributed by atoms with E-state index in [1.54, 1.807) is 24.3 Å². The van der Waals surface area contributed by atoms with Crippen LogP contribution in [0, 0.1) is 5.92 Å². The molecule has 30 heavy (non-hydrogen) atoms. The topological polar surface area (TPSA) is 94.3 Å². The Hall–Kier alpha value is -3.61. The normalized spacial score (nSPS) is 15.9. The van der Waals surface area contributed by atoms with Crippen molar-refractivity contribution in [2.24, 2.45) is 5.92 Å². The maximum Gasteiger partial charge on any atom is 0.257 e. The van der Waals surface area contributed by atoms with E-state index in [9.17, 15) is 14.4 Å². The monoisotopic (exact) mass is 404 g/mol. The van der Waals surface area contributed by atoms with Crippen molar-refractivity contribution in [3.8, 4) is 0 Å². The van der Waals surface area contributed by atoms with E-state index in [-0.39, 0.29) is 23.4 Å². The Balaban J connectivity index is 1.34. The number of hydrogen-bond donors (Lipinski definition) is 3. The van der Waals surface area contributed by atoms with Gasteiger partial charge in [0.05, 0.1) is 6.54 Å². The number of benzene rings is 2. The highest BCUT2D eigenvalue weighted by molar-refractivity contribution is 6.00. The van der Waals surface area contributed by atoms with Gasteiger partial charge in [-0.1, -0.05) is 19.1 Å². The molecule has 7 heteroatoms. The average Bonchev–Trinajstić information content (AvgIpc) is 3.19. The average molecular weight is 404 g/mol. The van der Waals surface area contributed by atoms with Crippen LogP contribution in [0.3, 0.4) is 0 Å². The highest BCUT2D eigenvalue weighted by atomic mass is 16.2. The number of fused-ring (bicyclic) bond motifs is 1. The lowest BCUT2D eigenvalue weighted by Crippen LogP contribution is -2.35. The summed E-state index contributed by atoms with van der Waals surface area (Å²) in [7, 11) is 0. The molecule has 2 amide bonds. The van der Waals surface area contributed by atoms with Gasteiger partial charge in [0, 0.05) is 41.6 Å². The zero-order valence-corrected chi connectivity index (χ0v) is 16.8. The predicted octanol–water partition coefficient (Wildman–Crippen LogP) is 2.74. The second-order valence-electron chi connectivity index (χ2n) is 7.69. The van der Waals surface area contributed by atoms with Crippen LogP contribution < -0.4 is 21.0 Å². The molecule has 0 radical (unpaired) electrons. The number of aromatic amines is 1. The standard InChI is InChI=1S/C23H24N4O3/c1-15-10-11-27(14-15)17-8-6-16(7-9-17)26-21(28)13-25-23(30)19-12-24-20-5-3-2-4-18(20)22(19)29/h2-9,12,15H,10-11,13-14H2,1H3,(H,24,29)(H,25,30)(H,26,28). The Morgan fingerprint density at radius 1 is 1.13 bits per heavy atom. The van der Waals surface area contributed by atoms with Gasteiger partial charge in [-0.3, -0.25) is 14.4 Å². The van der Waals surface area contributed by atoms with Gasteiger partial charge in [-0.2, -0.15) is 0 Å². The molecule has 0 saturated carbocycles. The first kappa shape index (κ1) is 19.7. The van der Waals surface area contributed by atoms with Gasteiger partial charge < -0.3 is 20.5 Å². The van der Waals surface area contributed by atoms with E-state index in [0.717, 1.165) is 18.8 Å². The number of pyridine rings is 1. The Kier molecular flexibility index (Phi) is 5.52. The molecular formula is C23H24N4O3. The summed E-state index contributed by atoms with van der Waals surface area (Å²) in [5, 5.41) is 5.70. The molecule has 1 atom stereocenters. The molecule has 1 fully saturated rings. The molecule has 0 aliphatic carbocycles. The number of nitrogens with one attached hydrogen (secondary N) is 3. The second-order valence-corrected chi connectivity index (χ2v) is 7.69. The molecule has 1 aromatic heterocycles. The molecule has 3 aromatic rings. The largest absolute Gasteiger partial charge is 0.371 e. The van der Waals surface area contributed by atoms with Gasteiger partial charge in [0.2, 0.25) is 11.3 Å². The van der Waals surface area contributed by atoms with E-state index in [1.165, 1.54) is 12.6 Å². The summed E-state index contributed by atoms with van der Waals surface area (Å²) in [6, 6.07) is 14.6. The Morgan fingerprint density at radius 2 is 1.90 bits per heavy atom. The van der Waals surface area contributed by atoms with E-state index < -0.39 is 5.91 Å². The quantitative estimate of drug-likeness (QED) is 0.609. The fraction of sp³-hybridized carbons (Fsp3) is 0.261. The van der Waals surface area contributed by atoms with Gasteiger partial charge in [-0.25, -0.2) is 0 Å². The van der Waals surface area contributed by atoms with Crippen LogP contribution in [0.4, 0.5) is 11.4 Å². The highest BCUT2D eigenvalue weighted by Crippen LogP contribution is 2.24. The van der Waals surface area contributed by atoms with Crippen LogP contribution in [0.15, 0.2) is 59.5 Å². The highest BCUT2D eigenvalue weighted by Gasteiger charge is 2.19. The molecule has 0 bridgehead atoms. The number of rotatable bonds is 5. The summed E-state index contributed by atoms with van der Waals surface area (Å²) < 4.78 is 0. The molecule has 0 spiro atoms. The number of H-pyrrole nitrogens is 1. The van der Waals surface area contributed by atoms with E-state index in [0.29, 0.717) is 22.5 Å². The van der Waals surface area contributed by atoms with Crippen molar-refractivity contribution in [2.45, 2.75) is 13.3 Å². The number of aromatic nitrogens is 1. The third-order valence-corrected chi connectivity index (χ3v) is 5.38. The minimum absolute atomic E-state index is 0.0225. The lowest BCUT2D eigenvalue weighted by atomic mass is 10.1. The zero-order valence-electron chi connectivity index (χ0n) is 16.8. The summed E-state index contributed by atoms with van der Waals surface area (Å²) in [5.41, 5.74) is 2.07. The van der Waals surface area contributed by atoms with Gasteiger partial charge in [-0.15, -0.1) is 0 Å². The van der Waals surface area contributed by atoms with Crippen molar-refractivity contribution in [3.63, 3.8) is 0 Å². The molecule has 1 saturated heterocycles. The number of nitrogens with zero attached hydrogens (tertiary/aromatic N) is 1. The Bertz CT molecular complexity index is 1140. The second kappa shape index (κ2) is 8.41. The summed E-state index contributed by atoms with van der Waals surface area (Å²) in [6.45, 7) is 4.11. The van der Waals surface area contributed by atoms with Crippen LogP contribution in [-0.2, 0) is 4.79 Å². The number of amides is 2. The third-order valence-electron chi connectivity index (χ3n) is 5.38. The molecular weight excluding hydrogens is 380 g/mol. The molecule has 7 nitrogen and oxygen atoms in total. The lowest BCUT2D eigenvalue weighted by molar-refractivity contribution is -0.115. The van der Waals surface area contributed by atoms with Crippen molar-refractivity contribution in [2.75, 3.05) is 29.9 Å². The zero-order chi connectivity index (χ0) is 21.1. The Morgan fingerprint density at radius 3 is 2.63 bits per heavy atom. The van der Waals surface area contributed by atoms with Crippen molar-refractivity contribution in [3.05, 3.63) is 70.5 Å². The van der Waals surface area contributed by atoms with Gasteiger partial charge in [0.25, 0.3) is 5.91 Å². The summed E-state index contributed by atoms with van der Waals surface area (Å²) in [4.78, 5) is 42.3. The molecule has 154 valence electrons. The molecule has 4 rings (SSSR count). The number of carbonyl (C=O) groups is 2. The minimum atomic E-state index is -0.587.